The van der Waals surface area contributed by atoms with Crippen LogP contribution in [0.1, 0.15) is 21.6 Å². The van der Waals surface area contributed by atoms with Crippen molar-refractivity contribution in [3.8, 4) is 10.4 Å². The van der Waals surface area contributed by atoms with Crippen LogP contribution in [-0.2, 0) is 6.42 Å². The molecule has 2 N–H and O–H groups in total. The third kappa shape index (κ3) is 3.14. The maximum Gasteiger partial charge on any atom is 0.267 e. The molecule has 2 aromatic heterocycles. The first kappa shape index (κ1) is 13.5. The highest BCUT2D eigenvalue weighted by Gasteiger charge is 2.04. The second kappa shape index (κ2) is 5.85. The minimum Gasteiger partial charge on any atom is -0.364 e. The van der Waals surface area contributed by atoms with Gasteiger partial charge in [0.1, 0.15) is 5.69 Å². The Hall–Kier alpha value is -2.53. The Kier molecular flexibility index (Phi) is 3.75. The molecule has 0 spiro atoms. The number of carbonyl (C=O) groups excluding carboxylic acids is 1. The molecule has 0 saturated heterocycles. The van der Waals surface area contributed by atoms with E-state index in [4.69, 9.17) is 5.73 Å². The number of hydrogen-bond acceptors (Lipinski definition) is 4. The van der Waals surface area contributed by atoms with Gasteiger partial charge in [-0.05, 0) is 35.2 Å². The standard InChI is InChI=1S/C16H13N3OS/c17-16(20)14-8-12(5-6-19-14)7-11-1-3-13(4-2-11)15-9-18-10-21-15/h1-6,8-10H,7H2,(H2,17,20). The van der Waals surface area contributed by atoms with E-state index in [9.17, 15) is 4.79 Å². The quantitative estimate of drug-likeness (QED) is 0.804. The van der Waals surface area contributed by atoms with Crippen LogP contribution in [0.25, 0.3) is 10.4 Å². The van der Waals surface area contributed by atoms with Crippen LogP contribution in [-0.4, -0.2) is 15.9 Å². The highest BCUT2D eigenvalue weighted by Crippen LogP contribution is 2.23. The normalized spacial score (nSPS) is 10.5. The van der Waals surface area contributed by atoms with Gasteiger partial charge in [-0.3, -0.25) is 14.8 Å². The van der Waals surface area contributed by atoms with Crippen molar-refractivity contribution in [1.82, 2.24) is 9.97 Å². The van der Waals surface area contributed by atoms with Crippen molar-refractivity contribution >= 4 is 17.2 Å². The fraction of sp³-hybridized carbons (Fsp3) is 0.0625. The molecule has 21 heavy (non-hydrogen) atoms. The average Bonchev–Trinajstić information content (AvgIpc) is 3.02. The van der Waals surface area contributed by atoms with E-state index in [0.29, 0.717) is 5.69 Å². The topological polar surface area (TPSA) is 68.9 Å². The maximum absolute atomic E-state index is 11.1. The monoisotopic (exact) mass is 295 g/mol. The molecule has 3 aromatic rings. The van der Waals surface area contributed by atoms with Gasteiger partial charge in [0.25, 0.3) is 5.91 Å². The number of rotatable bonds is 4. The molecule has 0 fully saturated rings. The number of carbonyl (C=O) groups is 1. The van der Waals surface area contributed by atoms with Crippen LogP contribution in [0.3, 0.4) is 0 Å². The van der Waals surface area contributed by atoms with Gasteiger partial charge in [0.2, 0.25) is 0 Å². The van der Waals surface area contributed by atoms with E-state index in [-0.39, 0.29) is 0 Å². The second-order valence-corrected chi connectivity index (χ2v) is 5.54. The first-order valence-electron chi connectivity index (χ1n) is 6.45. The Bertz CT molecular complexity index is 751. The van der Waals surface area contributed by atoms with Crippen molar-refractivity contribution in [2.24, 2.45) is 5.73 Å². The molecule has 5 heteroatoms. The molecule has 0 unspecified atom stereocenters. The average molecular weight is 295 g/mol. The summed E-state index contributed by atoms with van der Waals surface area (Å²) in [4.78, 5) is 20.3. The fourth-order valence-corrected chi connectivity index (χ4v) is 2.73. The van der Waals surface area contributed by atoms with Crippen molar-refractivity contribution < 1.29 is 4.79 Å². The smallest absolute Gasteiger partial charge is 0.267 e. The van der Waals surface area contributed by atoms with Gasteiger partial charge in [0.15, 0.2) is 0 Å². The number of benzene rings is 1. The largest absolute Gasteiger partial charge is 0.364 e. The van der Waals surface area contributed by atoms with E-state index in [0.717, 1.165) is 22.4 Å². The molecule has 0 atom stereocenters. The zero-order valence-electron chi connectivity index (χ0n) is 11.2. The zero-order chi connectivity index (χ0) is 14.7. The molecule has 0 saturated carbocycles. The van der Waals surface area contributed by atoms with Crippen molar-refractivity contribution in [3.05, 3.63) is 71.1 Å². The van der Waals surface area contributed by atoms with Gasteiger partial charge in [-0.15, -0.1) is 11.3 Å². The first-order chi connectivity index (χ1) is 10.2. The minimum atomic E-state index is -0.502. The Balaban J connectivity index is 1.79. The predicted octanol–water partition coefficient (Wildman–Crippen LogP) is 2.89. The lowest BCUT2D eigenvalue weighted by atomic mass is 10.0. The summed E-state index contributed by atoms with van der Waals surface area (Å²) in [5, 5.41) is 0. The summed E-state index contributed by atoms with van der Waals surface area (Å²) >= 11 is 1.62. The van der Waals surface area contributed by atoms with E-state index in [1.807, 2.05) is 17.8 Å². The van der Waals surface area contributed by atoms with E-state index in [2.05, 4.69) is 34.2 Å². The number of pyridine rings is 1. The van der Waals surface area contributed by atoms with Crippen molar-refractivity contribution in [3.63, 3.8) is 0 Å². The fourth-order valence-electron chi connectivity index (χ4n) is 2.10. The van der Waals surface area contributed by atoms with Crippen molar-refractivity contribution in [2.45, 2.75) is 6.42 Å². The van der Waals surface area contributed by atoms with Crippen LogP contribution in [0, 0.1) is 0 Å². The summed E-state index contributed by atoms with van der Waals surface area (Å²) in [6.45, 7) is 0. The summed E-state index contributed by atoms with van der Waals surface area (Å²) in [6.07, 6.45) is 4.22. The van der Waals surface area contributed by atoms with Gasteiger partial charge in [0.05, 0.1) is 10.4 Å². The summed E-state index contributed by atoms with van der Waals surface area (Å²) < 4.78 is 0. The van der Waals surface area contributed by atoms with Crippen LogP contribution in [0.15, 0.2) is 54.3 Å². The Morgan fingerprint density at radius 2 is 1.95 bits per heavy atom. The van der Waals surface area contributed by atoms with Gasteiger partial charge >= 0.3 is 0 Å². The third-order valence-corrected chi connectivity index (χ3v) is 3.98. The number of nitrogens with zero attached hydrogens (tertiary/aromatic N) is 2. The molecule has 0 aliphatic heterocycles. The van der Waals surface area contributed by atoms with Gasteiger partial charge in [0, 0.05) is 12.4 Å². The summed E-state index contributed by atoms with van der Waals surface area (Å²) in [5.41, 5.74) is 10.7. The van der Waals surface area contributed by atoms with Crippen LogP contribution in [0.5, 0.6) is 0 Å². The van der Waals surface area contributed by atoms with Crippen LogP contribution in [0.2, 0.25) is 0 Å². The Morgan fingerprint density at radius 3 is 2.62 bits per heavy atom. The number of nitrogens with two attached hydrogens (primary N) is 1. The van der Waals surface area contributed by atoms with Crippen molar-refractivity contribution in [2.75, 3.05) is 0 Å². The molecule has 4 nitrogen and oxygen atoms in total. The maximum atomic E-state index is 11.1. The summed E-state index contributed by atoms with van der Waals surface area (Å²) in [6, 6.07) is 12.0. The van der Waals surface area contributed by atoms with Gasteiger partial charge < -0.3 is 5.73 Å². The molecule has 104 valence electrons. The molecule has 0 radical (unpaired) electrons. The number of thiazole rings is 1. The Morgan fingerprint density at radius 1 is 1.14 bits per heavy atom. The lowest BCUT2D eigenvalue weighted by molar-refractivity contribution is 0.0995. The van der Waals surface area contributed by atoms with Crippen LogP contribution in [0.4, 0.5) is 0 Å². The van der Waals surface area contributed by atoms with Crippen LogP contribution >= 0.6 is 11.3 Å². The van der Waals surface area contributed by atoms with Gasteiger partial charge in [-0.25, -0.2) is 0 Å². The number of hydrogen-bond donors (Lipinski definition) is 1. The highest BCUT2D eigenvalue weighted by molar-refractivity contribution is 7.13. The number of amides is 1. The van der Waals surface area contributed by atoms with E-state index in [1.54, 1.807) is 23.6 Å². The zero-order valence-corrected chi connectivity index (χ0v) is 12.0. The molecule has 1 aromatic carbocycles. The molecule has 1 amide bonds. The van der Waals surface area contributed by atoms with E-state index in [1.165, 1.54) is 5.56 Å². The SMILES string of the molecule is NC(=O)c1cc(Cc2ccc(-c3cncs3)cc2)ccn1. The number of aromatic nitrogens is 2. The number of primary amides is 1. The predicted molar refractivity (Wildman–Crippen MR) is 83.1 cm³/mol. The molecule has 0 aliphatic rings. The Labute approximate surface area is 126 Å². The lowest BCUT2D eigenvalue weighted by Crippen LogP contribution is -2.13. The molecule has 0 aliphatic carbocycles. The minimum absolute atomic E-state index is 0.300. The van der Waals surface area contributed by atoms with E-state index < -0.39 is 5.91 Å². The van der Waals surface area contributed by atoms with Gasteiger partial charge in [-0.2, -0.15) is 0 Å². The molecule has 3 rings (SSSR count). The van der Waals surface area contributed by atoms with Gasteiger partial charge in [-0.1, -0.05) is 24.3 Å². The molecule has 0 bridgehead atoms. The second-order valence-electron chi connectivity index (χ2n) is 4.65. The third-order valence-electron chi connectivity index (χ3n) is 3.16. The highest BCUT2D eigenvalue weighted by atomic mass is 32.1. The van der Waals surface area contributed by atoms with E-state index >= 15 is 0 Å². The molecule has 2 heterocycles. The summed E-state index contributed by atoms with van der Waals surface area (Å²) in [5.74, 6) is -0.502. The van der Waals surface area contributed by atoms with Crippen LogP contribution < -0.4 is 5.73 Å². The molecular weight excluding hydrogens is 282 g/mol. The summed E-state index contributed by atoms with van der Waals surface area (Å²) in [7, 11) is 0. The van der Waals surface area contributed by atoms with Crippen molar-refractivity contribution in [1.29, 1.82) is 0 Å². The first-order valence-corrected chi connectivity index (χ1v) is 7.33. The lowest BCUT2D eigenvalue weighted by Gasteiger charge is -2.04. The molecular formula is C16H13N3OS.